The fraction of sp³-hybridized carbons (Fsp3) is 1.00. The summed E-state index contributed by atoms with van der Waals surface area (Å²) in [7, 11) is 0. The van der Waals surface area contributed by atoms with E-state index in [-0.39, 0.29) is 0 Å². The first kappa shape index (κ1) is 15.0. The average molecular weight is 284 g/mol. The summed E-state index contributed by atoms with van der Waals surface area (Å²) in [6.07, 6.45) is -1.29. The molecule has 2 unspecified atom stereocenters. The van der Waals surface area contributed by atoms with Gasteiger partial charge in [0, 0.05) is 0 Å². The quantitative estimate of drug-likeness (QED) is 0.331. The van der Waals surface area contributed by atoms with E-state index in [0.717, 1.165) is 0 Å². The van der Waals surface area contributed by atoms with Gasteiger partial charge in [0.15, 0.2) is 0 Å². The molecule has 0 bridgehead atoms. The van der Waals surface area contributed by atoms with Crippen molar-refractivity contribution in [1.29, 1.82) is 0 Å². The number of hydrogen-bond donors (Lipinski definition) is 5. The Kier molecular flexibility index (Phi) is 6.33. The normalized spacial score (nSPS) is 18.9. The standard InChI is InChI=1S/C3H10O7P2S2/c4-3(1-9-11(5,6)13)2-10-12(7,8)14/h3-4H,1-2H2,(H2,5,6,13)(H2,7,8,14). The predicted octanol–water partition coefficient (Wildman–Crippen LogP) is -0.380. The van der Waals surface area contributed by atoms with Gasteiger partial charge in [0.1, 0.15) is 6.10 Å². The van der Waals surface area contributed by atoms with Crippen LogP contribution < -0.4 is 0 Å². The average Bonchev–Trinajstić information content (AvgIpc) is 1.94. The molecule has 0 fully saturated rings. The molecule has 0 aromatic rings. The fourth-order valence-electron chi connectivity index (χ4n) is 0.414. The SMILES string of the molecule is O=P(O)(S)OCC(O)COP(O)(O)=S. The molecule has 2 atom stereocenters. The summed E-state index contributed by atoms with van der Waals surface area (Å²) in [5, 5.41) is 9.01. The summed E-state index contributed by atoms with van der Waals surface area (Å²) in [6.45, 7) is -8.79. The second-order valence-corrected chi connectivity index (χ2v) is 7.65. The van der Waals surface area contributed by atoms with Gasteiger partial charge in [0.25, 0.3) is 0 Å². The fourth-order valence-corrected chi connectivity index (χ4v) is 1.53. The smallest absolute Gasteiger partial charge is 0.383 e. The number of rotatable bonds is 6. The van der Waals surface area contributed by atoms with E-state index in [2.05, 4.69) is 33.1 Å². The molecule has 0 rings (SSSR count). The monoisotopic (exact) mass is 284 g/mol. The van der Waals surface area contributed by atoms with Gasteiger partial charge in [-0.2, -0.15) is 0 Å². The predicted molar refractivity (Wildman–Crippen MR) is 55.4 cm³/mol. The highest BCUT2D eigenvalue weighted by atomic mass is 32.7. The molecule has 11 heteroatoms. The summed E-state index contributed by atoms with van der Waals surface area (Å²) in [5.41, 5.74) is 0. The first-order chi connectivity index (χ1) is 6.10. The third kappa shape index (κ3) is 11.1. The first-order valence-electron chi connectivity index (χ1n) is 3.18. The number of aliphatic hydroxyl groups excluding tert-OH is 1. The Balaban J connectivity index is 3.73. The zero-order valence-electron chi connectivity index (χ0n) is 6.76. The lowest BCUT2D eigenvalue weighted by Gasteiger charge is -2.14. The molecule has 0 aromatic carbocycles. The van der Waals surface area contributed by atoms with Crippen LogP contribution in [0.1, 0.15) is 0 Å². The van der Waals surface area contributed by atoms with E-state index >= 15 is 0 Å². The van der Waals surface area contributed by atoms with E-state index in [1.165, 1.54) is 0 Å². The van der Waals surface area contributed by atoms with Crippen molar-refractivity contribution in [2.45, 2.75) is 6.10 Å². The second kappa shape index (κ2) is 5.91. The molecular weight excluding hydrogens is 274 g/mol. The molecule has 0 saturated heterocycles. The summed E-state index contributed by atoms with van der Waals surface area (Å²) >= 11 is 7.27. The van der Waals surface area contributed by atoms with Crippen molar-refractivity contribution in [3.8, 4) is 0 Å². The van der Waals surface area contributed by atoms with E-state index in [0.29, 0.717) is 0 Å². The zero-order valence-corrected chi connectivity index (χ0v) is 10.3. The molecule has 14 heavy (non-hydrogen) atoms. The van der Waals surface area contributed by atoms with E-state index in [1.807, 2.05) is 0 Å². The molecule has 86 valence electrons. The molecule has 0 amide bonds. The number of thiol groups is 1. The van der Waals surface area contributed by atoms with Crippen molar-refractivity contribution in [3.63, 3.8) is 0 Å². The van der Waals surface area contributed by atoms with Gasteiger partial charge in [0.2, 0.25) is 0 Å². The molecule has 7 nitrogen and oxygen atoms in total. The summed E-state index contributed by atoms with van der Waals surface area (Å²) < 4.78 is 18.9. The van der Waals surface area contributed by atoms with Crippen LogP contribution >= 0.6 is 25.8 Å². The third-order valence-corrected chi connectivity index (χ3v) is 2.50. The van der Waals surface area contributed by atoms with Crippen LogP contribution in [0.2, 0.25) is 0 Å². The molecule has 4 N–H and O–H groups in total. The molecule has 0 aliphatic carbocycles. The minimum absolute atomic E-state index is 0.502. The maximum Gasteiger partial charge on any atom is 0.383 e. The van der Waals surface area contributed by atoms with Crippen LogP contribution in [0.25, 0.3) is 0 Å². The lowest BCUT2D eigenvalue weighted by molar-refractivity contribution is 0.0554. The molecular formula is C3H10O7P2S2. The Morgan fingerprint density at radius 1 is 1.29 bits per heavy atom. The molecule has 0 saturated carbocycles. The van der Waals surface area contributed by atoms with Crippen molar-refractivity contribution in [2.75, 3.05) is 13.2 Å². The van der Waals surface area contributed by atoms with Crippen molar-refractivity contribution in [2.24, 2.45) is 0 Å². The first-order valence-corrected chi connectivity index (χ1v) is 8.54. The Bertz CT molecular complexity index is 232. The summed E-state index contributed by atoms with van der Waals surface area (Å²) in [6, 6.07) is 0. The van der Waals surface area contributed by atoms with E-state index < -0.39 is 32.8 Å². The highest BCUT2D eigenvalue weighted by molar-refractivity contribution is 8.44. The van der Waals surface area contributed by atoms with Crippen LogP contribution in [0.15, 0.2) is 0 Å². The van der Waals surface area contributed by atoms with Gasteiger partial charge >= 0.3 is 13.5 Å². The summed E-state index contributed by atoms with van der Waals surface area (Å²) in [5.74, 6) is 0. The van der Waals surface area contributed by atoms with Crippen LogP contribution in [-0.4, -0.2) is 39.1 Å². The van der Waals surface area contributed by atoms with Gasteiger partial charge in [-0.05, 0) is 11.8 Å². The van der Waals surface area contributed by atoms with Gasteiger partial charge in [-0.1, -0.05) is 12.2 Å². The number of aliphatic hydroxyl groups is 1. The van der Waals surface area contributed by atoms with Crippen LogP contribution in [0, 0.1) is 0 Å². The topological polar surface area (TPSA) is 116 Å². The van der Waals surface area contributed by atoms with Gasteiger partial charge in [0.05, 0.1) is 13.2 Å². The second-order valence-electron chi connectivity index (χ2n) is 2.23. The Morgan fingerprint density at radius 3 is 2.07 bits per heavy atom. The lowest BCUT2D eigenvalue weighted by atomic mass is 10.4. The van der Waals surface area contributed by atoms with Crippen molar-refractivity contribution >= 4 is 37.6 Å². The van der Waals surface area contributed by atoms with Crippen molar-refractivity contribution in [1.82, 2.24) is 0 Å². The maximum absolute atomic E-state index is 10.5. The van der Waals surface area contributed by atoms with E-state index in [4.69, 9.17) is 19.8 Å². The molecule has 0 radical (unpaired) electrons. The third-order valence-electron chi connectivity index (χ3n) is 0.870. The van der Waals surface area contributed by atoms with Crippen LogP contribution in [0.4, 0.5) is 0 Å². The highest BCUT2D eigenvalue weighted by Gasteiger charge is 2.17. The van der Waals surface area contributed by atoms with Gasteiger partial charge in [-0.15, -0.1) is 0 Å². The lowest BCUT2D eigenvalue weighted by Crippen LogP contribution is -2.20. The van der Waals surface area contributed by atoms with Crippen molar-refractivity contribution < 1.29 is 33.4 Å². The molecule has 0 heterocycles. The van der Waals surface area contributed by atoms with Crippen LogP contribution in [0.5, 0.6) is 0 Å². The molecule has 0 aliphatic heterocycles. The molecule has 0 aliphatic rings. The Labute approximate surface area is 90.6 Å². The van der Waals surface area contributed by atoms with Gasteiger partial charge < -0.3 is 24.3 Å². The van der Waals surface area contributed by atoms with Gasteiger partial charge in [-0.3, -0.25) is 4.52 Å². The van der Waals surface area contributed by atoms with Crippen molar-refractivity contribution in [3.05, 3.63) is 0 Å². The zero-order chi connectivity index (χ0) is 11.4. The minimum Gasteiger partial charge on any atom is -0.388 e. The molecule has 0 aromatic heterocycles. The summed E-state index contributed by atoms with van der Waals surface area (Å²) in [4.78, 5) is 25.7. The van der Waals surface area contributed by atoms with Gasteiger partial charge in [-0.25, -0.2) is 4.57 Å². The largest absolute Gasteiger partial charge is 0.388 e. The van der Waals surface area contributed by atoms with E-state index in [9.17, 15) is 4.57 Å². The Hall–Kier alpha value is 0.990. The minimum atomic E-state index is -3.95. The highest BCUT2D eigenvalue weighted by Crippen LogP contribution is 2.46. The maximum atomic E-state index is 10.5. The Morgan fingerprint density at radius 2 is 1.71 bits per heavy atom. The molecule has 0 spiro atoms. The number of hydrogen-bond acceptors (Lipinski definition) is 5. The van der Waals surface area contributed by atoms with E-state index in [1.54, 1.807) is 0 Å². The van der Waals surface area contributed by atoms with Crippen LogP contribution in [-0.2, 0) is 25.4 Å². The van der Waals surface area contributed by atoms with Crippen LogP contribution in [0.3, 0.4) is 0 Å².